The minimum absolute atomic E-state index is 0.455. The fourth-order valence-corrected chi connectivity index (χ4v) is 1.07. The van der Waals surface area contributed by atoms with Crippen LogP contribution in [0.4, 0.5) is 0 Å². The number of rotatable bonds is 6. The van der Waals surface area contributed by atoms with Gasteiger partial charge in [0.15, 0.2) is 0 Å². The molecule has 69 valence electrons. The van der Waals surface area contributed by atoms with Gasteiger partial charge in [0.2, 0.25) is 0 Å². The van der Waals surface area contributed by atoms with Crippen LogP contribution in [0.2, 0.25) is 0 Å². The van der Waals surface area contributed by atoms with Crippen molar-refractivity contribution in [1.29, 1.82) is 0 Å². The van der Waals surface area contributed by atoms with Gasteiger partial charge in [0.1, 0.15) is 0 Å². The number of nitrogens with zero attached hydrogens (tertiary/aromatic N) is 1. The molecule has 0 spiro atoms. The van der Waals surface area contributed by atoms with E-state index in [1.54, 1.807) is 6.20 Å². The Morgan fingerprint density at radius 1 is 1.38 bits per heavy atom. The normalized spacial score (nSPS) is 9.54. The molecule has 1 rings (SSSR count). The van der Waals surface area contributed by atoms with Crippen molar-refractivity contribution in [3.05, 3.63) is 30.1 Å². The molecule has 0 aliphatic rings. The number of aryl methyl sites for hydroxylation is 1. The van der Waals surface area contributed by atoms with Crippen LogP contribution >= 0.6 is 0 Å². The first-order valence-electron chi connectivity index (χ1n) is 4.32. The summed E-state index contributed by atoms with van der Waals surface area (Å²) in [5, 5.41) is 0. The summed E-state index contributed by atoms with van der Waals surface area (Å²) in [6.07, 6.45) is 4.57. The molecule has 0 aliphatic carbocycles. The molecule has 13 heavy (non-hydrogen) atoms. The third kappa shape index (κ3) is 4.25. The summed E-state index contributed by atoms with van der Waals surface area (Å²) in [4.78, 5) is 13.9. The Morgan fingerprint density at radius 2 is 2.31 bits per heavy atom. The molecule has 0 fully saturated rings. The van der Waals surface area contributed by atoms with Gasteiger partial charge in [-0.25, -0.2) is 4.79 Å². The van der Waals surface area contributed by atoms with Crippen LogP contribution in [0.3, 0.4) is 0 Å². The Kier molecular flexibility index (Phi) is 4.61. The van der Waals surface area contributed by atoms with Gasteiger partial charge >= 0.3 is 6.47 Å². The standard InChI is InChI=1S/C10H12NO2/c12-9-13-8-4-2-6-10-5-1-3-7-11-10/h1,3,5,7H,2,4,6,8H2. The SMILES string of the molecule is O=[C]OCCCCc1ccccn1. The maximum absolute atomic E-state index is 9.68. The predicted molar refractivity (Wildman–Crippen MR) is 48.8 cm³/mol. The summed E-state index contributed by atoms with van der Waals surface area (Å²) < 4.78 is 4.45. The molecule has 0 saturated heterocycles. The molecule has 0 aliphatic heterocycles. The fourth-order valence-electron chi connectivity index (χ4n) is 1.07. The number of unbranched alkanes of at least 4 members (excludes halogenated alkanes) is 1. The first-order chi connectivity index (χ1) is 6.43. The summed E-state index contributed by atoms with van der Waals surface area (Å²) in [7, 11) is 0. The van der Waals surface area contributed by atoms with Gasteiger partial charge in [-0.1, -0.05) is 6.07 Å². The largest absolute Gasteiger partial charge is 0.457 e. The average molecular weight is 178 g/mol. The average Bonchev–Trinajstić information content (AvgIpc) is 2.19. The molecule has 1 radical (unpaired) electrons. The quantitative estimate of drug-likeness (QED) is 0.619. The third-order valence-electron chi connectivity index (χ3n) is 1.71. The summed E-state index contributed by atoms with van der Waals surface area (Å²) in [6.45, 7) is 1.86. The Morgan fingerprint density at radius 3 is 3.00 bits per heavy atom. The van der Waals surface area contributed by atoms with Crippen LogP contribution in [0.25, 0.3) is 0 Å². The lowest BCUT2D eigenvalue weighted by Gasteiger charge is -1.98. The van der Waals surface area contributed by atoms with Gasteiger partial charge in [-0.05, 0) is 31.4 Å². The minimum atomic E-state index is 0.455. The highest BCUT2D eigenvalue weighted by molar-refractivity contribution is 5.37. The summed E-state index contributed by atoms with van der Waals surface area (Å²) in [5.41, 5.74) is 1.08. The van der Waals surface area contributed by atoms with Crippen molar-refractivity contribution in [2.75, 3.05) is 6.61 Å². The maximum Gasteiger partial charge on any atom is 0.417 e. The minimum Gasteiger partial charge on any atom is -0.457 e. The molecule has 3 nitrogen and oxygen atoms in total. The topological polar surface area (TPSA) is 39.2 Å². The lowest BCUT2D eigenvalue weighted by molar-refractivity contribution is 0.270. The lowest BCUT2D eigenvalue weighted by atomic mass is 10.2. The number of pyridine rings is 1. The van der Waals surface area contributed by atoms with Crippen molar-refractivity contribution in [2.24, 2.45) is 0 Å². The molecule has 0 aromatic carbocycles. The molecule has 0 bridgehead atoms. The van der Waals surface area contributed by atoms with E-state index in [-0.39, 0.29) is 0 Å². The van der Waals surface area contributed by atoms with Gasteiger partial charge in [0.05, 0.1) is 6.61 Å². The van der Waals surface area contributed by atoms with Crippen molar-refractivity contribution < 1.29 is 9.53 Å². The molecule has 0 atom stereocenters. The monoisotopic (exact) mass is 178 g/mol. The Hall–Kier alpha value is -1.38. The molecule has 0 unspecified atom stereocenters. The van der Waals surface area contributed by atoms with Gasteiger partial charge in [-0.15, -0.1) is 0 Å². The zero-order valence-electron chi connectivity index (χ0n) is 7.40. The number of hydrogen-bond acceptors (Lipinski definition) is 3. The van der Waals surface area contributed by atoms with Crippen molar-refractivity contribution in [3.63, 3.8) is 0 Å². The van der Waals surface area contributed by atoms with E-state index in [1.807, 2.05) is 18.2 Å². The maximum atomic E-state index is 9.68. The zero-order valence-corrected chi connectivity index (χ0v) is 7.40. The van der Waals surface area contributed by atoms with E-state index >= 15 is 0 Å². The van der Waals surface area contributed by atoms with Crippen molar-refractivity contribution >= 4 is 6.47 Å². The second-order valence-corrected chi connectivity index (χ2v) is 2.71. The molecule has 1 aromatic rings. The number of hydrogen-bond donors (Lipinski definition) is 0. The second-order valence-electron chi connectivity index (χ2n) is 2.71. The molecule has 0 amide bonds. The van der Waals surface area contributed by atoms with Gasteiger partial charge in [0, 0.05) is 11.9 Å². The van der Waals surface area contributed by atoms with Crippen molar-refractivity contribution in [1.82, 2.24) is 4.98 Å². The van der Waals surface area contributed by atoms with Crippen molar-refractivity contribution in [3.8, 4) is 0 Å². The molecule has 3 heteroatoms. The van der Waals surface area contributed by atoms with Gasteiger partial charge in [-0.3, -0.25) is 4.98 Å². The Balaban J connectivity index is 2.10. The molecule has 0 N–H and O–H groups in total. The van der Waals surface area contributed by atoms with E-state index in [2.05, 4.69) is 9.72 Å². The fraction of sp³-hybridized carbons (Fsp3) is 0.400. The van der Waals surface area contributed by atoms with Crippen LogP contribution in [0.15, 0.2) is 24.4 Å². The van der Waals surface area contributed by atoms with Crippen LogP contribution in [0.5, 0.6) is 0 Å². The third-order valence-corrected chi connectivity index (χ3v) is 1.71. The zero-order chi connectivity index (χ0) is 9.36. The highest BCUT2D eigenvalue weighted by Gasteiger charge is 1.93. The van der Waals surface area contributed by atoms with Gasteiger partial charge in [0.25, 0.3) is 0 Å². The molecule has 1 aromatic heterocycles. The second kappa shape index (κ2) is 6.17. The van der Waals surface area contributed by atoms with E-state index in [4.69, 9.17) is 0 Å². The van der Waals surface area contributed by atoms with Crippen LogP contribution in [0, 0.1) is 0 Å². The number of aromatic nitrogens is 1. The van der Waals surface area contributed by atoms with E-state index in [0.717, 1.165) is 25.0 Å². The highest BCUT2D eigenvalue weighted by atomic mass is 16.5. The number of carbonyl (C=O) groups excluding carboxylic acids is 1. The highest BCUT2D eigenvalue weighted by Crippen LogP contribution is 2.00. The molecular weight excluding hydrogens is 166 g/mol. The van der Waals surface area contributed by atoms with Crippen LogP contribution in [-0.2, 0) is 16.0 Å². The lowest BCUT2D eigenvalue weighted by Crippen LogP contribution is -1.94. The summed E-state index contributed by atoms with van der Waals surface area (Å²) >= 11 is 0. The summed E-state index contributed by atoms with van der Waals surface area (Å²) in [5.74, 6) is 0. The van der Waals surface area contributed by atoms with Crippen LogP contribution in [-0.4, -0.2) is 18.1 Å². The first-order valence-corrected chi connectivity index (χ1v) is 4.32. The summed E-state index contributed by atoms with van der Waals surface area (Å²) in [6, 6.07) is 5.86. The van der Waals surface area contributed by atoms with E-state index < -0.39 is 0 Å². The van der Waals surface area contributed by atoms with Gasteiger partial charge in [-0.2, -0.15) is 0 Å². The van der Waals surface area contributed by atoms with Crippen molar-refractivity contribution in [2.45, 2.75) is 19.3 Å². The Bertz CT molecular complexity index is 236. The molecular formula is C10H12NO2. The van der Waals surface area contributed by atoms with Crippen LogP contribution < -0.4 is 0 Å². The van der Waals surface area contributed by atoms with E-state index in [1.165, 1.54) is 6.47 Å². The molecule has 0 saturated carbocycles. The number of ether oxygens (including phenoxy) is 1. The smallest absolute Gasteiger partial charge is 0.417 e. The Labute approximate surface area is 77.8 Å². The van der Waals surface area contributed by atoms with E-state index in [0.29, 0.717) is 6.61 Å². The van der Waals surface area contributed by atoms with Gasteiger partial charge < -0.3 is 4.74 Å². The van der Waals surface area contributed by atoms with Crippen LogP contribution in [0.1, 0.15) is 18.5 Å². The first kappa shape index (κ1) is 9.71. The van der Waals surface area contributed by atoms with E-state index in [9.17, 15) is 4.79 Å². The molecule has 1 heterocycles. The predicted octanol–water partition coefficient (Wildman–Crippen LogP) is 1.49.